The normalized spacial score (nSPS) is 22.4. The van der Waals surface area contributed by atoms with Crippen LogP contribution < -0.4 is 5.32 Å². The Labute approximate surface area is 120 Å². The van der Waals surface area contributed by atoms with Crippen LogP contribution in [0.15, 0.2) is 17.8 Å². The zero-order chi connectivity index (χ0) is 12.4. The number of aromatic nitrogens is 2. The number of nitrogens with one attached hydrogen (secondary N) is 1. The minimum atomic E-state index is 0.535. The first kappa shape index (κ1) is 12.8. The summed E-state index contributed by atoms with van der Waals surface area (Å²) < 4.78 is 2.12. The molecule has 0 spiro atoms. The molecule has 2 aromatic heterocycles. The van der Waals surface area contributed by atoms with E-state index in [0.29, 0.717) is 11.3 Å². The molecular formula is C12H17N3S3. The second-order valence-corrected chi connectivity index (χ2v) is 7.78. The molecule has 3 heterocycles. The number of likely N-dealkylation sites (N-methyl/N-ethyl adjacent to an activating group) is 1. The third-order valence-corrected chi connectivity index (χ3v) is 6.92. The van der Waals surface area contributed by atoms with Crippen molar-refractivity contribution in [2.24, 2.45) is 0 Å². The first-order chi connectivity index (χ1) is 8.86. The predicted molar refractivity (Wildman–Crippen MR) is 83.2 cm³/mol. The van der Waals surface area contributed by atoms with Gasteiger partial charge in [-0.3, -0.25) is 4.40 Å². The molecule has 0 radical (unpaired) electrons. The van der Waals surface area contributed by atoms with Crippen molar-refractivity contribution in [2.75, 3.05) is 24.3 Å². The largest absolute Gasteiger partial charge is 0.315 e. The van der Waals surface area contributed by atoms with Crippen LogP contribution in [0.2, 0.25) is 0 Å². The summed E-state index contributed by atoms with van der Waals surface area (Å²) in [5.74, 6) is 3.85. The van der Waals surface area contributed by atoms with Crippen LogP contribution in [0.5, 0.6) is 0 Å². The highest BCUT2D eigenvalue weighted by Gasteiger charge is 2.24. The lowest BCUT2D eigenvalue weighted by atomic mass is 10.1. The van der Waals surface area contributed by atoms with E-state index in [2.05, 4.69) is 63.0 Å². The number of fused-ring (bicyclic) bond motifs is 1. The molecule has 1 N–H and O–H groups in total. The molecule has 3 nitrogen and oxygen atoms in total. The highest BCUT2D eigenvalue weighted by molar-refractivity contribution is 8.06. The molecule has 0 aromatic carbocycles. The van der Waals surface area contributed by atoms with Gasteiger partial charge < -0.3 is 5.32 Å². The van der Waals surface area contributed by atoms with Crippen LogP contribution in [0.1, 0.15) is 5.69 Å². The third kappa shape index (κ3) is 2.71. The van der Waals surface area contributed by atoms with Gasteiger partial charge in [-0.2, -0.15) is 23.5 Å². The summed E-state index contributed by atoms with van der Waals surface area (Å²) in [6.07, 6.45) is 5.27. The monoisotopic (exact) mass is 299 g/mol. The summed E-state index contributed by atoms with van der Waals surface area (Å²) >= 11 is 5.89. The van der Waals surface area contributed by atoms with Crippen molar-refractivity contribution in [3.8, 4) is 0 Å². The van der Waals surface area contributed by atoms with Crippen LogP contribution in [0.3, 0.4) is 0 Å². The molecule has 0 aliphatic carbocycles. The minimum absolute atomic E-state index is 0.535. The molecule has 6 heteroatoms. The molecule has 1 fully saturated rings. The molecule has 3 rings (SSSR count). The Balaban J connectivity index is 1.70. The fourth-order valence-electron chi connectivity index (χ4n) is 2.26. The van der Waals surface area contributed by atoms with Crippen LogP contribution in [-0.2, 0) is 6.42 Å². The molecule has 1 aliphatic rings. The van der Waals surface area contributed by atoms with Gasteiger partial charge in [0.1, 0.15) is 0 Å². The van der Waals surface area contributed by atoms with E-state index in [1.54, 1.807) is 11.3 Å². The zero-order valence-electron chi connectivity index (χ0n) is 10.3. The lowest BCUT2D eigenvalue weighted by molar-refractivity contribution is 0.552. The van der Waals surface area contributed by atoms with E-state index in [1.165, 1.54) is 23.0 Å². The van der Waals surface area contributed by atoms with Gasteiger partial charge in [-0.15, -0.1) is 11.3 Å². The Bertz CT molecular complexity index is 473. The molecular weight excluding hydrogens is 282 g/mol. The van der Waals surface area contributed by atoms with Crippen LogP contribution >= 0.6 is 34.9 Å². The van der Waals surface area contributed by atoms with Gasteiger partial charge in [0.2, 0.25) is 0 Å². The van der Waals surface area contributed by atoms with Gasteiger partial charge in [-0.05, 0) is 7.05 Å². The number of hydrogen-bond acceptors (Lipinski definition) is 5. The Morgan fingerprint density at radius 2 is 2.50 bits per heavy atom. The first-order valence-corrected chi connectivity index (χ1v) is 9.23. The van der Waals surface area contributed by atoms with Gasteiger partial charge >= 0.3 is 0 Å². The molecule has 98 valence electrons. The van der Waals surface area contributed by atoms with Gasteiger partial charge in [0, 0.05) is 52.7 Å². The molecule has 2 unspecified atom stereocenters. The zero-order valence-corrected chi connectivity index (χ0v) is 12.8. The van der Waals surface area contributed by atoms with Crippen molar-refractivity contribution in [3.63, 3.8) is 0 Å². The number of hydrogen-bond donors (Lipinski definition) is 1. The molecule has 1 saturated heterocycles. The fraction of sp³-hybridized carbons (Fsp3) is 0.583. The topological polar surface area (TPSA) is 29.3 Å². The van der Waals surface area contributed by atoms with E-state index >= 15 is 0 Å². The van der Waals surface area contributed by atoms with Gasteiger partial charge in [-0.1, -0.05) is 0 Å². The molecule has 2 atom stereocenters. The van der Waals surface area contributed by atoms with Crippen molar-refractivity contribution in [1.29, 1.82) is 0 Å². The maximum Gasteiger partial charge on any atom is 0.193 e. The molecule has 2 aromatic rings. The summed E-state index contributed by atoms with van der Waals surface area (Å²) in [4.78, 5) is 5.78. The van der Waals surface area contributed by atoms with E-state index in [0.717, 1.165) is 11.4 Å². The van der Waals surface area contributed by atoms with Crippen molar-refractivity contribution in [1.82, 2.24) is 14.7 Å². The van der Waals surface area contributed by atoms with E-state index in [1.807, 2.05) is 0 Å². The van der Waals surface area contributed by atoms with Crippen molar-refractivity contribution >= 4 is 39.8 Å². The summed E-state index contributed by atoms with van der Waals surface area (Å²) in [5, 5.41) is 6.27. The summed E-state index contributed by atoms with van der Waals surface area (Å²) in [5.41, 5.74) is 1.21. The lowest BCUT2D eigenvalue weighted by Crippen LogP contribution is -2.40. The minimum Gasteiger partial charge on any atom is -0.315 e. The molecule has 18 heavy (non-hydrogen) atoms. The Morgan fingerprint density at radius 1 is 1.56 bits per heavy atom. The van der Waals surface area contributed by atoms with E-state index < -0.39 is 0 Å². The Hall–Kier alpha value is -0.170. The van der Waals surface area contributed by atoms with Crippen molar-refractivity contribution < 1.29 is 0 Å². The average Bonchev–Trinajstić information content (AvgIpc) is 2.97. The van der Waals surface area contributed by atoms with E-state index in [4.69, 9.17) is 0 Å². The van der Waals surface area contributed by atoms with E-state index in [-0.39, 0.29) is 0 Å². The second-order valence-electron chi connectivity index (χ2n) is 4.41. The molecule has 0 saturated carbocycles. The SMILES string of the molecule is CNC(Cc1cn2ccsc2n1)C1CSCCS1. The number of nitrogens with zero attached hydrogens (tertiary/aromatic N) is 2. The van der Waals surface area contributed by atoms with Gasteiger partial charge in [-0.25, -0.2) is 4.98 Å². The molecule has 1 aliphatic heterocycles. The van der Waals surface area contributed by atoms with Gasteiger partial charge in [0.25, 0.3) is 0 Å². The van der Waals surface area contributed by atoms with Crippen LogP contribution in [0.25, 0.3) is 4.96 Å². The Kier molecular flexibility index (Phi) is 4.18. The smallest absolute Gasteiger partial charge is 0.193 e. The number of thioether (sulfide) groups is 2. The van der Waals surface area contributed by atoms with Crippen molar-refractivity contribution in [2.45, 2.75) is 17.7 Å². The van der Waals surface area contributed by atoms with Crippen molar-refractivity contribution in [3.05, 3.63) is 23.5 Å². The quantitative estimate of drug-likeness (QED) is 0.938. The summed E-state index contributed by atoms with van der Waals surface area (Å²) in [6.45, 7) is 0. The maximum atomic E-state index is 4.68. The lowest BCUT2D eigenvalue weighted by Gasteiger charge is -2.28. The van der Waals surface area contributed by atoms with E-state index in [9.17, 15) is 0 Å². The number of rotatable bonds is 4. The predicted octanol–water partition coefficient (Wildman–Crippen LogP) is 2.37. The van der Waals surface area contributed by atoms with Crippen LogP contribution in [-0.4, -0.2) is 45.0 Å². The first-order valence-electron chi connectivity index (χ1n) is 6.14. The second kappa shape index (κ2) is 5.86. The summed E-state index contributed by atoms with van der Waals surface area (Å²) in [6, 6.07) is 0.535. The van der Waals surface area contributed by atoms with Crippen LogP contribution in [0.4, 0.5) is 0 Å². The third-order valence-electron chi connectivity index (χ3n) is 3.23. The highest BCUT2D eigenvalue weighted by atomic mass is 32.2. The standard InChI is InChI=1S/C12H17N3S3/c1-13-10(11-8-16-4-5-17-11)6-9-7-15-2-3-18-12(15)14-9/h2-3,7,10-11,13H,4-6,8H2,1H3. The van der Waals surface area contributed by atoms with Gasteiger partial charge in [0.15, 0.2) is 4.96 Å². The summed E-state index contributed by atoms with van der Waals surface area (Å²) in [7, 11) is 2.07. The number of imidazole rings is 1. The molecule has 0 bridgehead atoms. The number of thiazole rings is 1. The highest BCUT2D eigenvalue weighted by Crippen LogP contribution is 2.27. The maximum absolute atomic E-state index is 4.68. The van der Waals surface area contributed by atoms with Gasteiger partial charge in [0.05, 0.1) is 5.69 Å². The van der Waals surface area contributed by atoms with Crippen LogP contribution in [0, 0.1) is 0 Å². The molecule has 0 amide bonds. The Morgan fingerprint density at radius 3 is 3.22 bits per heavy atom. The average molecular weight is 299 g/mol. The fourth-order valence-corrected chi connectivity index (χ4v) is 5.90.